The van der Waals surface area contributed by atoms with E-state index in [9.17, 15) is 13.2 Å². The average Bonchev–Trinajstić information content (AvgIpc) is 2.79. The maximum Gasteiger partial charge on any atom is 0.406 e. The Kier molecular flexibility index (Phi) is 2.53. The second-order valence-electron chi connectivity index (χ2n) is 2.96. The summed E-state index contributed by atoms with van der Waals surface area (Å²) in [7, 11) is 0. The monoisotopic (exact) mass is 196 g/mol. The van der Waals surface area contributed by atoms with E-state index in [1.165, 1.54) is 0 Å². The van der Waals surface area contributed by atoms with Gasteiger partial charge >= 0.3 is 6.18 Å². The minimum atomic E-state index is -4.27. The number of halogens is 3. The Morgan fingerprint density at radius 2 is 2.00 bits per heavy atom. The van der Waals surface area contributed by atoms with Crippen molar-refractivity contribution < 1.29 is 13.2 Å². The molecule has 76 valence electrons. The van der Waals surface area contributed by atoms with Crippen LogP contribution in [-0.4, -0.2) is 29.6 Å². The number of hydrogen-bond donors (Lipinski definition) is 2. The molecular weight excluding hydrogens is 185 g/mol. The first-order valence-corrected chi connectivity index (χ1v) is 3.81. The molecule has 1 rings (SSSR count). The van der Waals surface area contributed by atoms with E-state index >= 15 is 0 Å². The molecule has 0 atom stereocenters. The third-order valence-electron chi connectivity index (χ3n) is 1.76. The first-order chi connectivity index (χ1) is 5.94. The Morgan fingerprint density at radius 3 is 2.31 bits per heavy atom. The van der Waals surface area contributed by atoms with Crippen molar-refractivity contribution in [2.45, 2.75) is 25.1 Å². The van der Waals surface area contributed by atoms with Crippen molar-refractivity contribution in [2.24, 2.45) is 16.7 Å². The van der Waals surface area contributed by atoms with Crippen LogP contribution in [0.25, 0.3) is 0 Å². The molecule has 0 saturated heterocycles. The second-order valence-corrected chi connectivity index (χ2v) is 2.96. The lowest BCUT2D eigenvalue weighted by molar-refractivity contribution is -0.138. The summed E-state index contributed by atoms with van der Waals surface area (Å²) in [5.41, 5.74) is 5.22. The van der Waals surface area contributed by atoms with Crippen LogP contribution in [0.15, 0.2) is 5.10 Å². The topological polar surface area (TPSA) is 67.6 Å². The quantitative estimate of drug-likeness (QED) is 0.287. The molecule has 1 saturated carbocycles. The molecule has 0 amide bonds. The number of alkyl halides is 3. The van der Waals surface area contributed by atoms with Crippen molar-refractivity contribution in [3.63, 3.8) is 0 Å². The number of nitrogens with zero attached hydrogens (tertiary/aromatic N) is 2. The molecule has 13 heavy (non-hydrogen) atoms. The van der Waals surface area contributed by atoms with E-state index in [0.29, 0.717) is 12.8 Å². The number of guanidine groups is 1. The van der Waals surface area contributed by atoms with Gasteiger partial charge in [-0.05, 0) is 12.8 Å². The summed E-state index contributed by atoms with van der Waals surface area (Å²) in [4.78, 5) is 0.986. The van der Waals surface area contributed by atoms with Gasteiger partial charge in [-0.25, -0.2) is 0 Å². The minimum Gasteiger partial charge on any atom is -0.368 e. The van der Waals surface area contributed by atoms with Gasteiger partial charge in [-0.1, -0.05) is 0 Å². The lowest BCUT2D eigenvalue weighted by Crippen LogP contribution is -2.45. The highest BCUT2D eigenvalue weighted by Crippen LogP contribution is 2.29. The van der Waals surface area contributed by atoms with Crippen LogP contribution < -0.4 is 11.6 Å². The number of hydrazone groups is 1. The van der Waals surface area contributed by atoms with Crippen molar-refractivity contribution in [3.05, 3.63) is 0 Å². The van der Waals surface area contributed by atoms with E-state index in [1.807, 2.05) is 0 Å². The van der Waals surface area contributed by atoms with Gasteiger partial charge in [0.05, 0.1) is 0 Å². The molecule has 0 spiro atoms. The number of rotatable bonds is 2. The summed E-state index contributed by atoms with van der Waals surface area (Å²) in [6.07, 6.45) is -2.84. The van der Waals surface area contributed by atoms with Crippen LogP contribution in [0.2, 0.25) is 0 Å². The van der Waals surface area contributed by atoms with Crippen molar-refractivity contribution in [1.82, 2.24) is 4.90 Å². The summed E-state index contributed by atoms with van der Waals surface area (Å²) in [6.45, 7) is -1.08. The lowest BCUT2D eigenvalue weighted by atomic mass is 10.5. The van der Waals surface area contributed by atoms with Crippen LogP contribution in [0.3, 0.4) is 0 Å². The van der Waals surface area contributed by atoms with E-state index in [4.69, 9.17) is 11.6 Å². The van der Waals surface area contributed by atoms with Gasteiger partial charge in [-0.15, -0.1) is 5.10 Å². The first-order valence-electron chi connectivity index (χ1n) is 3.81. The zero-order valence-electron chi connectivity index (χ0n) is 6.88. The fourth-order valence-electron chi connectivity index (χ4n) is 1.05. The zero-order valence-corrected chi connectivity index (χ0v) is 6.88. The molecule has 7 heteroatoms. The summed E-state index contributed by atoms with van der Waals surface area (Å²) in [5, 5.41) is 3.05. The highest BCUT2D eigenvalue weighted by atomic mass is 19.4. The van der Waals surface area contributed by atoms with Gasteiger partial charge < -0.3 is 16.5 Å². The molecule has 0 aromatic rings. The molecular formula is C6H11F3N4. The van der Waals surface area contributed by atoms with E-state index in [1.54, 1.807) is 0 Å². The highest BCUT2D eigenvalue weighted by molar-refractivity contribution is 5.78. The zero-order chi connectivity index (χ0) is 10.1. The van der Waals surface area contributed by atoms with Crippen molar-refractivity contribution in [1.29, 1.82) is 0 Å². The molecule has 0 bridgehead atoms. The molecule has 1 fully saturated rings. The van der Waals surface area contributed by atoms with Crippen LogP contribution in [0.4, 0.5) is 13.2 Å². The molecule has 0 aromatic heterocycles. The van der Waals surface area contributed by atoms with Crippen LogP contribution in [0, 0.1) is 0 Å². The van der Waals surface area contributed by atoms with E-state index < -0.39 is 12.7 Å². The smallest absolute Gasteiger partial charge is 0.368 e. The second kappa shape index (κ2) is 3.31. The third kappa shape index (κ3) is 3.00. The number of hydrogen-bond acceptors (Lipinski definition) is 2. The third-order valence-corrected chi connectivity index (χ3v) is 1.76. The Morgan fingerprint density at radius 1 is 1.46 bits per heavy atom. The largest absolute Gasteiger partial charge is 0.406 e. The predicted octanol–water partition coefficient (Wildman–Crippen LogP) is 0.202. The van der Waals surface area contributed by atoms with Crippen LogP contribution in [0.1, 0.15) is 12.8 Å². The fourth-order valence-corrected chi connectivity index (χ4v) is 1.05. The molecule has 0 radical (unpaired) electrons. The SMILES string of the molecule is NN=C(N)N(CC(F)(F)F)C1CC1. The maximum absolute atomic E-state index is 12.0. The summed E-state index contributed by atoms with van der Waals surface area (Å²) in [6, 6.07) is -0.145. The van der Waals surface area contributed by atoms with Gasteiger partial charge in [0, 0.05) is 6.04 Å². The summed E-state index contributed by atoms with van der Waals surface area (Å²) < 4.78 is 36.0. The van der Waals surface area contributed by atoms with E-state index in [2.05, 4.69) is 5.10 Å². The normalized spacial score (nSPS) is 18.8. The molecule has 1 aliphatic carbocycles. The molecule has 4 N–H and O–H groups in total. The van der Waals surface area contributed by atoms with Crippen LogP contribution >= 0.6 is 0 Å². The summed E-state index contributed by atoms with van der Waals surface area (Å²) in [5.74, 6) is 4.56. The van der Waals surface area contributed by atoms with E-state index in [-0.39, 0.29) is 12.0 Å². The average molecular weight is 196 g/mol. The highest BCUT2D eigenvalue weighted by Gasteiger charge is 2.39. The molecule has 4 nitrogen and oxygen atoms in total. The van der Waals surface area contributed by atoms with Crippen molar-refractivity contribution in [2.75, 3.05) is 6.54 Å². The Hall–Kier alpha value is -1.14. The number of nitrogens with two attached hydrogens (primary N) is 2. The minimum absolute atomic E-state index is 0.145. The van der Waals surface area contributed by atoms with Crippen molar-refractivity contribution >= 4 is 5.96 Å². The van der Waals surface area contributed by atoms with E-state index in [0.717, 1.165) is 4.90 Å². The van der Waals surface area contributed by atoms with Crippen LogP contribution in [0.5, 0.6) is 0 Å². The van der Waals surface area contributed by atoms with Gasteiger partial charge in [-0.2, -0.15) is 13.2 Å². The van der Waals surface area contributed by atoms with Gasteiger partial charge in [-0.3, -0.25) is 0 Å². The van der Waals surface area contributed by atoms with Crippen molar-refractivity contribution in [3.8, 4) is 0 Å². The molecule has 0 aliphatic heterocycles. The van der Waals surface area contributed by atoms with Gasteiger partial charge in [0.2, 0.25) is 5.96 Å². The Labute approximate surface area is 73.4 Å². The maximum atomic E-state index is 12.0. The molecule has 0 unspecified atom stereocenters. The molecule has 0 aromatic carbocycles. The lowest BCUT2D eigenvalue weighted by Gasteiger charge is -2.23. The van der Waals surface area contributed by atoms with Crippen LogP contribution in [-0.2, 0) is 0 Å². The molecule has 1 aliphatic rings. The fraction of sp³-hybridized carbons (Fsp3) is 0.833. The Bertz CT molecular complexity index is 208. The standard InChI is InChI=1S/C6H11F3N4/c7-6(8,9)3-13(4-1-2-4)5(10)12-11/h4H,1-3,11H2,(H2,10,12). The molecule has 0 heterocycles. The van der Waals surface area contributed by atoms with Gasteiger partial charge in [0.15, 0.2) is 0 Å². The summed E-state index contributed by atoms with van der Waals surface area (Å²) >= 11 is 0. The van der Waals surface area contributed by atoms with Gasteiger partial charge in [0.1, 0.15) is 6.54 Å². The first kappa shape index (κ1) is 9.94. The Balaban J connectivity index is 2.58. The predicted molar refractivity (Wildman–Crippen MR) is 41.6 cm³/mol. The van der Waals surface area contributed by atoms with Gasteiger partial charge in [0.25, 0.3) is 0 Å².